The van der Waals surface area contributed by atoms with Crippen LogP contribution in [0.3, 0.4) is 0 Å². The maximum Gasteiger partial charge on any atom is 0.306 e. The van der Waals surface area contributed by atoms with Gasteiger partial charge in [0.15, 0.2) is 0 Å². The van der Waals surface area contributed by atoms with Gasteiger partial charge in [0.2, 0.25) is 0 Å². The van der Waals surface area contributed by atoms with E-state index in [1.165, 1.54) is 0 Å². The molecule has 0 radical (unpaired) electrons. The average Bonchev–Trinajstić information content (AvgIpc) is 2.04. The minimum atomic E-state index is -0.662. The second kappa shape index (κ2) is 7.10. The Morgan fingerprint density at radius 3 is 2.50 bits per heavy atom. The number of unbranched alkanes of at least 4 members (excludes halogenated alkanes) is 2. The van der Waals surface area contributed by atoms with Crippen LogP contribution in [-0.2, 0) is 4.79 Å². The van der Waals surface area contributed by atoms with Crippen molar-refractivity contribution in [1.82, 2.24) is 0 Å². The van der Waals surface area contributed by atoms with Gasteiger partial charge in [0.1, 0.15) is 0 Å². The van der Waals surface area contributed by atoms with Gasteiger partial charge >= 0.3 is 5.97 Å². The van der Waals surface area contributed by atoms with Gasteiger partial charge in [-0.3, -0.25) is 4.79 Å². The van der Waals surface area contributed by atoms with Crippen LogP contribution < -0.4 is 5.73 Å². The topological polar surface area (TPSA) is 63.3 Å². The van der Waals surface area contributed by atoms with Gasteiger partial charge in [0.25, 0.3) is 0 Å². The molecule has 3 heteroatoms. The fourth-order valence-corrected chi connectivity index (χ4v) is 1.21. The highest BCUT2D eigenvalue weighted by atomic mass is 16.4. The molecule has 3 nitrogen and oxygen atoms in total. The Kier molecular flexibility index (Phi) is 6.76. The molecule has 0 aliphatic carbocycles. The normalized spacial score (nSPS) is 12.8. The molecule has 0 aromatic rings. The van der Waals surface area contributed by atoms with Crippen molar-refractivity contribution in [3.63, 3.8) is 0 Å². The number of rotatable bonds is 7. The zero-order valence-corrected chi connectivity index (χ0v) is 7.75. The monoisotopic (exact) mass is 173 g/mol. The van der Waals surface area contributed by atoms with Crippen LogP contribution in [0.2, 0.25) is 0 Å². The molecule has 1 unspecified atom stereocenters. The van der Waals surface area contributed by atoms with Crippen molar-refractivity contribution in [2.75, 3.05) is 6.54 Å². The fraction of sp³-hybridized carbons (Fsp3) is 0.889. The first-order valence-corrected chi connectivity index (χ1v) is 4.65. The molecule has 0 heterocycles. The van der Waals surface area contributed by atoms with Crippen molar-refractivity contribution in [1.29, 1.82) is 0 Å². The Bertz CT molecular complexity index is 126. The maximum absolute atomic E-state index is 10.6. The van der Waals surface area contributed by atoms with E-state index in [4.69, 9.17) is 10.8 Å². The molecule has 0 saturated carbocycles. The van der Waals surface area contributed by atoms with Crippen molar-refractivity contribution < 1.29 is 9.90 Å². The van der Waals surface area contributed by atoms with Crippen LogP contribution in [0, 0.1) is 5.92 Å². The summed E-state index contributed by atoms with van der Waals surface area (Å²) in [4.78, 5) is 10.6. The summed E-state index contributed by atoms with van der Waals surface area (Å²) in [6.45, 7) is 2.63. The highest BCUT2D eigenvalue weighted by molar-refractivity contribution is 5.69. The predicted octanol–water partition coefficient (Wildman–Crippen LogP) is 1.62. The van der Waals surface area contributed by atoms with Crippen molar-refractivity contribution in [3.8, 4) is 0 Å². The van der Waals surface area contributed by atoms with Crippen molar-refractivity contribution in [2.45, 2.75) is 39.0 Å². The van der Waals surface area contributed by atoms with Crippen LogP contribution >= 0.6 is 0 Å². The number of carboxylic acids is 1. The second-order valence-corrected chi connectivity index (χ2v) is 3.08. The first kappa shape index (κ1) is 11.4. The molecule has 0 amide bonds. The smallest absolute Gasteiger partial charge is 0.306 e. The number of hydrogen-bond acceptors (Lipinski definition) is 2. The summed E-state index contributed by atoms with van der Waals surface area (Å²) in [5, 5.41) is 8.71. The van der Waals surface area contributed by atoms with Gasteiger partial charge in [-0.15, -0.1) is 0 Å². The third kappa shape index (κ3) is 5.13. The van der Waals surface area contributed by atoms with Crippen LogP contribution in [0.15, 0.2) is 0 Å². The zero-order chi connectivity index (χ0) is 9.40. The van der Waals surface area contributed by atoms with Crippen LogP contribution in [0.1, 0.15) is 39.0 Å². The van der Waals surface area contributed by atoms with E-state index < -0.39 is 5.97 Å². The van der Waals surface area contributed by atoms with Crippen LogP contribution in [0.5, 0.6) is 0 Å². The van der Waals surface area contributed by atoms with Crippen molar-refractivity contribution in [2.24, 2.45) is 11.7 Å². The summed E-state index contributed by atoms with van der Waals surface area (Å²) in [5.74, 6) is -0.812. The molecule has 0 aliphatic heterocycles. The van der Waals surface area contributed by atoms with Gasteiger partial charge in [-0.05, 0) is 25.8 Å². The molecular formula is C9H19NO2. The van der Waals surface area contributed by atoms with E-state index in [0.717, 1.165) is 32.1 Å². The first-order chi connectivity index (χ1) is 5.72. The average molecular weight is 173 g/mol. The lowest BCUT2D eigenvalue weighted by molar-refractivity contribution is -0.142. The third-order valence-corrected chi connectivity index (χ3v) is 2.10. The molecular weight excluding hydrogens is 154 g/mol. The van der Waals surface area contributed by atoms with Gasteiger partial charge in [-0.2, -0.15) is 0 Å². The minimum absolute atomic E-state index is 0.150. The Morgan fingerprint density at radius 1 is 1.42 bits per heavy atom. The van der Waals surface area contributed by atoms with Gasteiger partial charge < -0.3 is 10.8 Å². The molecule has 0 spiro atoms. The molecule has 0 aromatic heterocycles. The Balaban J connectivity index is 3.38. The van der Waals surface area contributed by atoms with E-state index in [1.807, 2.05) is 6.92 Å². The second-order valence-electron chi connectivity index (χ2n) is 3.08. The minimum Gasteiger partial charge on any atom is -0.481 e. The fourth-order valence-electron chi connectivity index (χ4n) is 1.21. The first-order valence-electron chi connectivity index (χ1n) is 4.65. The van der Waals surface area contributed by atoms with Crippen LogP contribution in [0.4, 0.5) is 0 Å². The SMILES string of the molecule is CCC(CCCCCN)C(=O)O. The lowest BCUT2D eigenvalue weighted by Gasteiger charge is -2.08. The maximum atomic E-state index is 10.6. The van der Waals surface area contributed by atoms with E-state index in [1.54, 1.807) is 0 Å². The number of hydrogen-bond donors (Lipinski definition) is 2. The summed E-state index contributed by atoms with van der Waals surface area (Å²) in [7, 11) is 0. The molecule has 0 saturated heterocycles. The third-order valence-electron chi connectivity index (χ3n) is 2.10. The lowest BCUT2D eigenvalue weighted by atomic mass is 9.99. The molecule has 0 fully saturated rings. The number of carbonyl (C=O) groups is 1. The molecule has 72 valence electrons. The summed E-state index contributed by atoms with van der Waals surface area (Å²) in [6.07, 6.45) is 4.59. The summed E-state index contributed by atoms with van der Waals surface area (Å²) >= 11 is 0. The number of aliphatic carboxylic acids is 1. The largest absolute Gasteiger partial charge is 0.481 e. The van der Waals surface area contributed by atoms with Gasteiger partial charge in [-0.25, -0.2) is 0 Å². The van der Waals surface area contributed by atoms with E-state index in [-0.39, 0.29) is 5.92 Å². The summed E-state index contributed by atoms with van der Waals surface area (Å²) in [6, 6.07) is 0. The van der Waals surface area contributed by atoms with Gasteiger partial charge in [-0.1, -0.05) is 19.8 Å². The molecule has 3 N–H and O–H groups in total. The Hall–Kier alpha value is -0.570. The highest BCUT2D eigenvalue weighted by Gasteiger charge is 2.13. The quantitative estimate of drug-likeness (QED) is 0.575. The molecule has 0 bridgehead atoms. The Morgan fingerprint density at radius 2 is 2.08 bits per heavy atom. The molecule has 0 aliphatic rings. The van der Waals surface area contributed by atoms with Crippen molar-refractivity contribution in [3.05, 3.63) is 0 Å². The van der Waals surface area contributed by atoms with E-state index >= 15 is 0 Å². The molecule has 0 aromatic carbocycles. The summed E-state index contributed by atoms with van der Waals surface area (Å²) in [5.41, 5.74) is 5.32. The predicted molar refractivity (Wildman–Crippen MR) is 48.9 cm³/mol. The zero-order valence-electron chi connectivity index (χ0n) is 7.75. The Labute approximate surface area is 74.0 Å². The van der Waals surface area contributed by atoms with E-state index in [2.05, 4.69) is 0 Å². The molecule has 0 rings (SSSR count). The van der Waals surface area contributed by atoms with Crippen LogP contribution in [-0.4, -0.2) is 17.6 Å². The molecule has 12 heavy (non-hydrogen) atoms. The van der Waals surface area contributed by atoms with Gasteiger partial charge in [0, 0.05) is 0 Å². The lowest BCUT2D eigenvalue weighted by Crippen LogP contribution is -2.12. The summed E-state index contributed by atoms with van der Waals surface area (Å²) < 4.78 is 0. The number of nitrogens with two attached hydrogens (primary N) is 1. The van der Waals surface area contributed by atoms with E-state index in [9.17, 15) is 4.79 Å². The van der Waals surface area contributed by atoms with Crippen LogP contribution in [0.25, 0.3) is 0 Å². The van der Waals surface area contributed by atoms with Crippen molar-refractivity contribution >= 4 is 5.97 Å². The number of carboxylic acid groups (broad SMARTS) is 1. The van der Waals surface area contributed by atoms with E-state index in [0.29, 0.717) is 6.54 Å². The molecule has 1 atom stereocenters. The highest BCUT2D eigenvalue weighted by Crippen LogP contribution is 2.13. The van der Waals surface area contributed by atoms with Gasteiger partial charge in [0.05, 0.1) is 5.92 Å². The standard InChI is InChI=1S/C9H19NO2/c1-2-8(9(11)12)6-4-3-5-7-10/h8H,2-7,10H2,1H3,(H,11,12).